The molecule has 3 heteroatoms. The number of carbonyl (C=O) groups is 1. The van der Waals surface area contributed by atoms with Crippen molar-refractivity contribution in [3.8, 4) is 0 Å². The van der Waals surface area contributed by atoms with E-state index < -0.39 is 0 Å². The zero-order valence-electron chi connectivity index (χ0n) is 15.6. The predicted molar refractivity (Wildman–Crippen MR) is 94.8 cm³/mol. The van der Waals surface area contributed by atoms with Crippen LogP contribution in [0.15, 0.2) is 22.3 Å². The van der Waals surface area contributed by atoms with E-state index in [4.69, 9.17) is 9.15 Å². The lowest BCUT2D eigenvalue weighted by atomic mass is 9.55. The van der Waals surface area contributed by atoms with Gasteiger partial charge in [0.2, 0.25) is 0 Å². The van der Waals surface area contributed by atoms with Crippen molar-refractivity contribution in [2.75, 3.05) is 0 Å². The Morgan fingerprint density at radius 1 is 1.46 bits per heavy atom. The maximum absolute atomic E-state index is 12.2. The number of hydrogen-bond acceptors (Lipinski definition) is 3. The van der Waals surface area contributed by atoms with Crippen molar-refractivity contribution >= 4 is 5.97 Å². The minimum atomic E-state index is -0.177. The summed E-state index contributed by atoms with van der Waals surface area (Å²) in [6, 6.07) is 0. The van der Waals surface area contributed by atoms with Crippen LogP contribution in [0.25, 0.3) is 0 Å². The van der Waals surface area contributed by atoms with Crippen molar-refractivity contribution in [1.29, 1.82) is 0 Å². The van der Waals surface area contributed by atoms with Crippen molar-refractivity contribution in [2.24, 2.45) is 17.3 Å². The minimum absolute atomic E-state index is 0.0217. The molecule has 4 atom stereocenters. The normalized spacial score (nSPS) is 32.9. The van der Waals surface area contributed by atoms with Crippen LogP contribution in [0, 0.1) is 24.2 Å². The van der Waals surface area contributed by atoms with E-state index >= 15 is 0 Å². The number of ether oxygens (including phenoxy) is 1. The molecule has 2 aliphatic carbocycles. The standard InChI is InChI=1S/C21H30O3/c1-6-13(2)9-20(22)24-18-8-7-16-10-19-17(14(3)12-23-19)11-21(16,5)15(18)4/h9,12,15-16,18H,6-8,10-11H2,1-5H3. The van der Waals surface area contributed by atoms with Crippen LogP contribution in [0.5, 0.6) is 0 Å². The van der Waals surface area contributed by atoms with Crippen molar-refractivity contribution < 1.29 is 13.9 Å². The molecule has 4 unspecified atom stereocenters. The van der Waals surface area contributed by atoms with Gasteiger partial charge in [-0.05, 0) is 67.9 Å². The quantitative estimate of drug-likeness (QED) is 0.578. The Morgan fingerprint density at radius 3 is 2.92 bits per heavy atom. The first-order valence-electron chi connectivity index (χ1n) is 9.28. The van der Waals surface area contributed by atoms with Gasteiger partial charge in [-0.3, -0.25) is 0 Å². The third-order valence-corrected chi connectivity index (χ3v) is 6.70. The fourth-order valence-corrected chi connectivity index (χ4v) is 4.57. The van der Waals surface area contributed by atoms with Crippen LogP contribution in [0.3, 0.4) is 0 Å². The first-order chi connectivity index (χ1) is 11.3. The van der Waals surface area contributed by atoms with Crippen molar-refractivity contribution in [1.82, 2.24) is 0 Å². The second kappa shape index (κ2) is 6.42. The molecule has 1 aromatic rings. The summed E-state index contributed by atoms with van der Waals surface area (Å²) in [6.45, 7) is 10.8. The number of aryl methyl sites for hydroxylation is 1. The summed E-state index contributed by atoms with van der Waals surface area (Å²) in [7, 11) is 0. The predicted octanol–water partition coefficient (Wildman–Crippen LogP) is 5.01. The zero-order chi connectivity index (χ0) is 17.5. The molecular formula is C21H30O3. The summed E-state index contributed by atoms with van der Waals surface area (Å²) in [5, 5.41) is 0. The molecule has 2 aliphatic rings. The molecule has 0 radical (unpaired) electrons. The fraction of sp³-hybridized carbons (Fsp3) is 0.667. The highest BCUT2D eigenvalue weighted by Gasteiger charge is 2.50. The molecule has 3 rings (SSSR count). The summed E-state index contributed by atoms with van der Waals surface area (Å²) in [5.74, 6) is 1.98. The number of rotatable bonds is 3. The Labute approximate surface area is 145 Å². The van der Waals surface area contributed by atoms with E-state index in [-0.39, 0.29) is 17.5 Å². The molecular weight excluding hydrogens is 300 g/mol. The van der Waals surface area contributed by atoms with Crippen LogP contribution in [0.4, 0.5) is 0 Å². The highest BCUT2D eigenvalue weighted by atomic mass is 16.5. The number of allylic oxidation sites excluding steroid dienone is 1. The van der Waals surface area contributed by atoms with E-state index in [0.717, 1.165) is 37.7 Å². The highest BCUT2D eigenvalue weighted by Crippen LogP contribution is 2.53. The Morgan fingerprint density at radius 2 is 2.21 bits per heavy atom. The first-order valence-corrected chi connectivity index (χ1v) is 9.28. The van der Waals surface area contributed by atoms with Crippen LogP contribution in [0.2, 0.25) is 0 Å². The van der Waals surface area contributed by atoms with Crippen LogP contribution >= 0.6 is 0 Å². The van der Waals surface area contributed by atoms with E-state index in [0.29, 0.717) is 11.8 Å². The topological polar surface area (TPSA) is 39.4 Å². The van der Waals surface area contributed by atoms with Gasteiger partial charge in [0.1, 0.15) is 11.9 Å². The fourth-order valence-electron chi connectivity index (χ4n) is 4.57. The van der Waals surface area contributed by atoms with E-state index in [1.54, 1.807) is 6.08 Å². The largest absolute Gasteiger partial charge is 0.469 e. The van der Waals surface area contributed by atoms with E-state index in [9.17, 15) is 4.79 Å². The SMILES string of the molecule is CCC(C)=CC(=O)OC1CCC2Cc3occ(C)c3CC2(C)C1C. The summed E-state index contributed by atoms with van der Waals surface area (Å²) in [5.41, 5.74) is 3.89. The van der Waals surface area contributed by atoms with Gasteiger partial charge in [-0.2, -0.15) is 0 Å². The average Bonchev–Trinajstić information content (AvgIpc) is 2.89. The number of esters is 1. The van der Waals surface area contributed by atoms with Gasteiger partial charge in [0.15, 0.2) is 0 Å². The third kappa shape index (κ3) is 2.94. The Balaban J connectivity index is 1.77. The van der Waals surface area contributed by atoms with E-state index in [1.165, 1.54) is 16.9 Å². The molecule has 0 bridgehead atoms. The molecule has 1 aromatic heterocycles. The number of hydrogen-bond donors (Lipinski definition) is 0. The van der Waals surface area contributed by atoms with Crippen molar-refractivity contribution in [3.05, 3.63) is 34.8 Å². The highest BCUT2D eigenvalue weighted by molar-refractivity contribution is 5.82. The van der Waals surface area contributed by atoms with Gasteiger partial charge >= 0.3 is 5.97 Å². The maximum Gasteiger partial charge on any atom is 0.330 e. The molecule has 0 N–H and O–H groups in total. The van der Waals surface area contributed by atoms with Gasteiger partial charge in [-0.1, -0.05) is 26.3 Å². The molecule has 0 aromatic carbocycles. The minimum Gasteiger partial charge on any atom is -0.469 e. The summed E-state index contributed by atoms with van der Waals surface area (Å²) >= 11 is 0. The van der Waals surface area contributed by atoms with Gasteiger partial charge < -0.3 is 9.15 Å². The van der Waals surface area contributed by atoms with Crippen LogP contribution in [-0.4, -0.2) is 12.1 Å². The van der Waals surface area contributed by atoms with Crippen molar-refractivity contribution in [2.45, 2.75) is 72.8 Å². The third-order valence-electron chi connectivity index (χ3n) is 6.70. The van der Waals surface area contributed by atoms with Gasteiger partial charge in [-0.15, -0.1) is 0 Å². The van der Waals surface area contributed by atoms with E-state index in [2.05, 4.69) is 27.7 Å². The Bertz CT molecular complexity index is 654. The second-order valence-corrected chi connectivity index (χ2v) is 8.09. The zero-order valence-corrected chi connectivity index (χ0v) is 15.6. The molecule has 132 valence electrons. The molecule has 0 amide bonds. The molecule has 0 spiro atoms. The summed E-state index contributed by atoms with van der Waals surface area (Å²) in [6.07, 6.45) is 8.58. The molecule has 1 fully saturated rings. The maximum atomic E-state index is 12.2. The second-order valence-electron chi connectivity index (χ2n) is 8.09. The molecule has 24 heavy (non-hydrogen) atoms. The molecule has 0 saturated heterocycles. The molecule has 3 nitrogen and oxygen atoms in total. The lowest BCUT2D eigenvalue weighted by molar-refractivity contribution is -0.155. The molecule has 0 aliphatic heterocycles. The summed E-state index contributed by atoms with van der Waals surface area (Å²) < 4.78 is 11.6. The van der Waals surface area contributed by atoms with Crippen LogP contribution in [-0.2, 0) is 22.4 Å². The monoisotopic (exact) mass is 330 g/mol. The Kier molecular flexibility index (Phi) is 4.63. The van der Waals surface area contributed by atoms with Gasteiger partial charge in [0, 0.05) is 12.5 Å². The van der Waals surface area contributed by atoms with Gasteiger partial charge in [0.05, 0.1) is 6.26 Å². The summed E-state index contributed by atoms with van der Waals surface area (Å²) in [4.78, 5) is 12.2. The number of furan rings is 1. The van der Waals surface area contributed by atoms with Crippen molar-refractivity contribution in [3.63, 3.8) is 0 Å². The Hall–Kier alpha value is -1.51. The van der Waals surface area contributed by atoms with Gasteiger partial charge in [0.25, 0.3) is 0 Å². The molecule has 1 heterocycles. The van der Waals surface area contributed by atoms with E-state index in [1.807, 2.05) is 13.2 Å². The van der Waals surface area contributed by atoms with Gasteiger partial charge in [-0.25, -0.2) is 4.79 Å². The number of carbonyl (C=O) groups excluding carboxylic acids is 1. The smallest absolute Gasteiger partial charge is 0.330 e. The van der Waals surface area contributed by atoms with Crippen LogP contribution in [0.1, 0.15) is 63.8 Å². The first kappa shape index (κ1) is 17.3. The lowest BCUT2D eigenvalue weighted by Gasteiger charge is -2.51. The number of fused-ring (bicyclic) bond motifs is 2. The average molecular weight is 330 g/mol. The lowest BCUT2D eigenvalue weighted by Crippen LogP contribution is -2.50. The molecule has 1 saturated carbocycles. The van der Waals surface area contributed by atoms with Crippen LogP contribution < -0.4 is 0 Å².